The van der Waals surface area contributed by atoms with Crippen LogP contribution in [0.5, 0.6) is 0 Å². The molecular weight excluding hydrogens is 254 g/mol. The summed E-state index contributed by atoms with van der Waals surface area (Å²) in [6, 6.07) is 0.166. The predicted octanol–water partition coefficient (Wildman–Crippen LogP) is -1.47. The molecule has 0 aliphatic rings. The maximum absolute atomic E-state index is 11.6. The predicted molar refractivity (Wildman–Crippen MR) is 65.8 cm³/mol. The molecule has 0 aromatic carbocycles. The minimum absolute atomic E-state index is 0.239. The second-order valence-corrected chi connectivity index (χ2v) is 3.99. The molecule has 1 heterocycles. The lowest BCUT2D eigenvalue weighted by atomic mass is 10.2. The van der Waals surface area contributed by atoms with Gasteiger partial charge in [0.25, 0.3) is 5.56 Å². The summed E-state index contributed by atoms with van der Waals surface area (Å²) in [7, 11) is 1.30. The maximum Gasteiger partial charge on any atom is 0.331 e. The highest BCUT2D eigenvalue weighted by atomic mass is 16.4. The topological polar surface area (TPSA) is 110 Å². The van der Waals surface area contributed by atoms with Gasteiger partial charge in [0.05, 0.1) is 0 Å². The molecule has 1 amide bonds. The van der Waals surface area contributed by atoms with E-state index in [-0.39, 0.29) is 13.0 Å². The zero-order valence-electron chi connectivity index (χ0n) is 10.6. The molecule has 2 N–H and O–H groups in total. The van der Waals surface area contributed by atoms with Gasteiger partial charge in [0.1, 0.15) is 12.6 Å². The smallest absolute Gasteiger partial charge is 0.331 e. The van der Waals surface area contributed by atoms with Gasteiger partial charge in [-0.3, -0.25) is 18.7 Å². The third-order valence-electron chi connectivity index (χ3n) is 2.62. The molecule has 1 atom stereocenters. The van der Waals surface area contributed by atoms with Gasteiger partial charge in [-0.25, -0.2) is 9.59 Å². The van der Waals surface area contributed by atoms with Crippen LogP contribution in [0.4, 0.5) is 0 Å². The Hall–Kier alpha value is -2.38. The van der Waals surface area contributed by atoms with Crippen LogP contribution in [0.3, 0.4) is 0 Å². The van der Waals surface area contributed by atoms with Gasteiger partial charge in [-0.15, -0.1) is 0 Å². The van der Waals surface area contributed by atoms with Crippen molar-refractivity contribution in [2.75, 3.05) is 0 Å². The molecule has 0 saturated carbocycles. The highest BCUT2D eigenvalue weighted by molar-refractivity contribution is 5.83. The van der Waals surface area contributed by atoms with Crippen molar-refractivity contribution < 1.29 is 14.7 Å². The van der Waals surface area contributed by atoms with Gasteiger partial charge >= 0.3 is 11.7 Å². The van der Waals surface area contributed by atoms with E-state index in [1.807, 2.05) is 0 Å². The third kappa shape index (κ3) is 3.54. The molecule has 0 bridgehead atoms. The lowest BCUT2D eigenvalue weighted by molar-refractivity contribution is -0.142. The fraction of sp³-hybridized carbons (Fsp3) is 0.455. The number of aromatic nitrogens is 2. The second-order valence-electron chi connectivity index (χ2n) is 3.99. The first-order valence-electron chi connectivity index (χ1n) is 5.65. The molecule has 104 valence electrons. The van der Waals surface area contributed by atoms with Crippen LogP contribution in [0.25, 0.3) is 0 Å². The van der Waals surface area contributed by atoms with Crippen molar-refractivity contribution in [1.82, 2.24) is 14.5 Å². The molecule has 19 heavy (non-hydrogen) atoms. The Morgan fingerprint density at radius 1 is 1.42 bits per heavy atom. The van der Waals surface area contributed by atoms with Crippen LogP contribution in [0.1, 0.15) is 13.3 Å². The summed E-state index contributed by atoms with van der Waals surface area (Å²) in [4.78, 5) is 45.2. The minimum atomic E-state index is -1.14. The zero-order chi connectivity index (χ0) is 14.6. The van der Waals surface area contributed by atoms with Gasteiger partial charge in [0.2, 0.25) is 5.91 Å². The molecule has 0 aliphatic carbocycles. The average molecular weight is 269 g/mol. The van der Waals surface area contributed by atoms with Crippen molar-refractivity contribution in [1.29, 1.82) is 0 Å². The number of hydrogen-bond acceptors (Lipinski definition) is 4. The molecule has 0 fully saturated rings. The molecule has 1 rings (SSSR count). The summed E-state index contributed by atoms with van der Waals surface area (Å²) in [5.74, 6) is -1.74. The van der Waals surface area contributed by atoms with E-state index in [9.17, 15) is 19.2 Å². The van der Waals surface area contributed by atoms with Gasteiger partial charge in [0.15, 0.2) is 0 Å². The van der Waals surface area contributed by atoms with Gasteiger partial charge in [0, 0.05) is 19.3 Å². The van der Waals surface area contributed by atoms with Crippen molar-refractivity contribution in [3.8, 4) is 0 Å². The number of carboxylic acid groups (broad SMARTS) is 1. The molecular formula is C11H15N3O5. The Bertz CT molecular complexity index is 601. The van der Waals surface area contributed by atoms with Crippen LogP contribution in [-0.2, 0) is 23.2 Å². The number of nitrogens with zero attached hydrogens (tertiary/aromatic N) is 2. The van der Waals surface area contributed by atoms with Crippen molar-refractivity contribution in [3.05, 3.63) is 33.1 Å². The maximum atomic E-state index is 11.6. The normalized spacial score (nSPS) is 11.9. The first-order valence-corrected chi connectivity index (χ1v) is 5.65. The molecule has 8 heteroatoms. The standard InChI is InChI=1S/C11H15N3O5/c1-3-7(10(17)18)12-8(15)6-14-5-4-9(16)13(2)11(14)19/h4-5,7H,3,6H2,1-2H3,(H,12,15)(H,17,18). The monoisotopic (exact) mass is 269 g/mol. The summed E-state index contributed by atoms with van der Waals surface area (Å²) >= 11 is 0. The van der Waals surface area contributed by atoms with E-state index in [1.165, 1.54) is 13.2 Å². The number of carboxylic acids is 1. The van der Waals surface area contributed by atoms with E-state index in [2.05, 4.69) is 5.32 Å². The Balaban J connectivity index is 2.84. The van der Waals surface area contributed by atoms with Crippen LogP contribution in [0, 0.1) is 0 Å². The van der Waals surface area contributed by atoms with E-state index in [4.69, 9.17) is 5.11 Å². The summed E-state index contributed by atoms with van der Waals surface area (Å²) in [5.41, 5.74) is -1.11. The number of hydrogen-bond donors (Lipinski definition) is 2. The Labute approximate surface area is 108 Å². The molecule has 8 nitrogen and oxygen atoms in total. The van der Waals surface area contributed by atoms with E-state index < -0.39 is 29.2 Å². The highest BCUT2D eigenvalue weighted by Gasteiger charge is 2.17. The highest BCUT2D eigenvalue weighted by Crippen LogP contribution is 1.91. The van der Waals surface area contributed by atoms with E-state index >= 15 is 0 Å². The largest absolute Gasteiger partial charge is 0.480 e. The first kappa shape index (κ1) is 14.7. The summed E-state index contributed by atoms with van der Waals surface area (Å²) in [6.07, 6.45) is 1.44. The second kappa shape index (κ2) is 5.98. The minimum Gasteiger partial charge on any atom is -0.480 e. The Kier molecular flexibility index (Phi) is 4.62. The molecule has 0 spiro atoms. The van der Waals surface area contributed by atoms with Gasteiger partial charge in [-0.2, -0.15) is 0 Å². The molecule has 1 aromatic rings. The van der Waals surface area contributed by atoms with Crippen molar-refractivity contribution in [2.24, 2.45) is 7.05 Å². The van der Waals surface area contributed by atoms with Crippen LogP contribution >= 0.6 is 0 Å². The lowest BCUT2D eigenvalue weighted by Crippen LogP contribution is -2.44. The van der Waals surface area contributed by atoms with Crippen LogP contribution in [0.2, 0.25) is 0 Å². The molecule has 1 aromatic heterocycles. The Morgan fingerprint density at radius 3 is 2.58 bits per heavy atom. The quantitative estimate of drug-likeness (QED) is 0.677. The lowest BCUT2D eigenvalue weighted by Gasteiger charge is -2.13. The Morgan fingerprint density at radius 2 is 2.05 bits per heavy atom. The SMILES string of the molecule is CCC(NC(=O)Cn1ccc(=O)n(C)c1=O)C(=O)O. The zero-order valence-corrected chi connectivity index (χ0v) is 10.6. The van der Waals surface area contributed by atoms with Gasteiger partial charge in [-0.05, 0) is 6.42 Å². The molecule has 0 aliphatic heterocycles. The van der Waals surface area contributed by atoms with E-state index in [0.29, 0.717) is 0 Å². The first-order chi connectivity index (χ1) is 8.86. The summed E-state index contributed by atoms with van der Waals surface area (Å²) in [6.45, 7) is 1.29. The van der Waals surface area contributed by atoms with Crippen molar-refractivity contribution in [2.45, 2.75) is 25.9 Å². The van der Waals surface area contributed by atoms with Crippen LogP contribution < -0.4 is 16.6 Å². The van der Waals surface area contributed by atoms with E-state index in [0.717, 1.165) is 15.2 Å². The summed E-state index contributed by atoms with van der Waals surface area (Å²) in [5, 5.41) is 11.1. The number of rotatable bonds is 5. The van der Waals surface area contributed by atoms with Crippen LogP contribution in [0.15, 0.2) is 21.9 Å². The fourth-order valence-corrected chi connectivity index (χ4v) is 1.47. The van der Waals surface area contributed by atoms with Crippen molar-refractivity contribution in [3.63, 3.8) is 0 Å². The molecule has 0 saturated heterocycles. The average Bonchev–Trinajstić information content (AvgIpc) is 2.36. The van der Waals surface area contributed by atoms with Crippen molar-refractivity contribution >= 4 is 11.9 Å². The molecule has 0 radical (unpaired) electrons. The van der Waals surface area contributed by atoms with Gasteiger partial charge < -0.3 is 10.4 Å². The number of carbonyl (C=O) groups is 2. The number of amides is 1. The summed E-state index contributed by atoms with van der Waals surface area (Å²) < 4.78 is 1.90. The number of aliphatic carboxylic acids is 1. The number of carbonyl (C=O) groups excluding carboxylic acids is 1. The van der Waals surface area contributed by atoms with Gasteiger partial charge in [-0.1, -0.05) is 6.92 Å². The molecule has 1 unspecified atom stereocenters. The number of nitrogens with one attached hydrogen (secondary N) is 1. The van der Waals surface area contributed by atoms with E-state index in [1.54, 1.807) is 6.92 Å². The third-order valence-corrected chi connectivity index (χ3v) is 2.62. The fourth-order valence-electron chi connectivity index (χ4n) is 1.47. The van der Waals surface area contributed by atoms with Crippen LogP contribution in [-0.4, -0.2) is 32.2 Å².